The fraction of sp³-hybridized carbons (Fsp3) is 0.744. The van der Waals surface area contributed by atoms with Gasteiger partial charge in [-0.3, -0.25) is 0 Å². The Morgan fingerprint density at radius 3 is 2.16 bits per heavy atom. The van der Waals surface area contributed by atoms with Gasteiger partial charge in [-0.15, -0.1) is 11.3 Å². The van der Waals surface area contributed by atoms with Crippen molar-refractivity contribution in [2.75, 3.05) is 0 Å². The van der Waals surface area contributed by atoms with Gasteiger partial charge in [0.25, 0.3) is 0 Å². The highest BCUT2D eigenvalue weighted by atomic mass is 32.1. The van der Waals surface area contributed by atoms with Crippen LogP contribution >= 0.6 is 11.3 Å². The molecule has 3 fully saturated rings. The van der Waals surface area contributed by atoms with Gasteiger partial charge in [0.05, 0.1) is 22.4 Å². The zero-order chi connectivity index (χ0) is 36.7. The molecule has 1 aromatic heterocycles. The highest BCUT2D eigenvalue weighted by molar-refractivity contribution is 7.18. The molecule has 5 rings (SSSR count). The van der Waals surface area contributed by atoms with Gasteiger partial charge in [-0.25, -0.2) is 4.98 Å². The fourth-order valence-corrected chi connectivity index (χ4v) is 12.8. The Balaban J connectivity index is 1.25. The summed E-state index contributed by atoms with van der Waals surface area (Å²) in [5, 5.41) is 12.2. The summed E-state index contributed by atoms with van der Waals surface area (Å²) in [7, 11) is -3.78. The summed E-state index contributed by atoms with van der Waals surface area (Å²) in [5.74, 6) is 2.11. The van der Waals surface area contributed by atoms with Crippen LogP contribution in [-0.4, -0.2) is 38.9 Å². The van der Waals surface area contributed by atoms with Gasteiger partial charge >= 0.3 is 0 Å². The van der Waals surface area contributed by atoms with Gasteiger partial charge in [0, 0.05) is 0 Å². The molecule has 0 bridgehead atoms. The maximum Gasteiger partial charge on any atom is 0.192 e. The van der Waals surface area contributed by atoms with Gasteiger partial charge in [-0.1, -0.05) is 104 Å². The Morgan fingerprint density at radius 1 is 0.940 bits per heavy atom. The van der Waals surface area contributed by atoms with Crippen LogP contribution in [0.5, 0.6) is 0 Å². The molecule has 3 unspecified atom stereocenters. The van der Waals surface area contributed by atoms with Crippen molar-refractivity contribution in [1.29, 1.82) is 0 Å². The normalized spacial score (nSPS) is 29.0. The SMILES string of the molecule is C[C@H](CCCC(O)c1nc2ccccc2s1)[C@H]1CC[C@H]2/C(=C/C=C3CC(O[Si](C)(C)C(C)(C)C)CC(O[Si](C)(C)C(C)(C)C)C3)CCC[C@]12C. The molecule has 280 valence electrons. The lowest BCUT2D eigenvalue weighted by Gasteiger charge is -2.45. The third kappa shape index (κ3) is 8.98. The number of nitrogens with zero attached hydrogens (tertiary/aromatic N) is 1. The molecule has 4 nitrogen and oxygen atoms in total. The summed E-state index contributed by atoms with van der Waals surface area (Å²) in [6.45, 7) is 28.9. The van der Waals surface area contributed by atoms with E-state index in [1.807, 2.05) is 12.1 Å². The molecule has 1 aromatic carbocycles. The minimum Gasteiger partial charge on any atom is -0.414 e. The fourth-order valence-electron chi connectivity index (χ4n) is 9.06. The Morgan fingerprint density at radius 2 is 1.56 bits per heavy atom. The van der Waals surface area contributed by atoms with Crippen LogP contribution in [-0.2, 0) is 8.85 Å². The molecule has 7 atom stereocenters. The molecular formula is C43H71NO3SSi2. The second-order valence-corrected chi connectivity index (χ2v) is 30.3. The summed E-state index contributed by atoms with van der Waals surface area (Å²) < 4.78 is 15.4. The van der Waals surface area contributed by atoms with Gasteiger partial charge in [0.1, 0.15) is 11.1 Å². The monoisotopic (exact) mass is 737 g/mol. The highest BCUT2D eigenvalue weighted by Crippen LogP contribution is 2.60. The van der Waals surface area contributed by atoms with Gasteiger partial charge < -0.3 is 14.0 Å². The Bertz CT molecular complexity index is 1440. The number of fused-ring (bicyclic) bond motifs is 2. The van der Waals surface area contributed by atoms with Crippen LogP contribution in [0.2, 0.25) is 36.3 Å². The van der Waals surface area contributed by atoms with Crippen molar-refractivity contribution in [2.24, 2.45) is 23.2 Å². The van der Waals surface area contributed by atoms with Gasteiger partial charge in [0.2, 0.25) is 0 Å². The van der Waals surface area contributed by atoms with Crippen molar-refractivity contribution >= 4 is 38.2 Å². The quantitative estimate of drug-likeness (QED) is 0.233. The number of rotatable bonds is 11. The Labute approximate surface area is 312 Å². The summed E-state index contributed by atoms with van der Waals surface area (Å²) in [6, 6.07) is 8.22. The van der Waals surface area contributed by atoms with E-state index in [0.717, 1.165) is 48.5 Å². The van der Waals surface area contributed by atoms with E-state index < -0.39 is 22.7 Å². The number of thiazole rings is 1. The zero-order valence-corrected chi connectivity index (χ0v) is 36.6. The van der Waals surface area contributed by atoms with Crippen LogP contribution in [0.1, 0.15) is 137 Å². The van der Waals surface area contributed by atoms with E-state index in [1.54, 1.807) is 16.9 Å². The number of benzene rings is 1. The zero-order valence-electron chi connectivity index (χ0n) is 33.8. The van der Waals surface area contributed by atoms with Crippen molar-refractivity contribution in [3.05, 3.63) is 52.6 Å². The van der Waals surface area contributed by atoms with E-state index in [2.05, 4.69) is 106 Å². The predicted octanol–water partition coefficient (Wildman–Crippen LogP) is 13.2. The lowest BCUT2D eigenvalue weighted by Crippen LogP contribution is -2.48. The van der Waals surface area contributed by atoms with Gasteiger partial charge in [0.15, 0.2) is 16.6 Å². The molecule has 2 aromatic rings. The van der Waals surface area contributed by atoms with Crippen molar-refractivity contribution in [3.8, 4) is 0 Å². The first-order valence-electron chi connectivity index (χ1n) is 20.0. The van der Waals surface area contributed by atoms with Gasteiger partial charge in [-0.2, -0.15) is 0 Å². The smallest absolute Gasteiger partial charge is 0.192 e. The molecule has 50 heavy (non-hydrogen) atoms. The molecule has 1 N–H and O–H groups in total. The number of aromatic nitrogens is 1. The third-order valence-corrected chi connectivity index (χ3v) is 24.2. The Kier molecular flexibility index (Phi) is 12.3. The first-order valence-corrected chi connectivity index (χ1v) is 26.6. The summed E-state index contributed by atoms with van der Waals surface area (Å²) in [4.78, 5) is 4.72. The lowest BCUT2D eigenvalue weighted by atomic mass is 9.60. The van der Waals surface area contributed by atoms with Crippen LogP contribution in [0, 0.1) is 23.2 Å². The van der Waals surface area contributed by atoms with Crippen LogP contribution in [0.4, 0.5) is 0 Å². The molecule has 0 amide bonds. The molecule has 0 spiro atoms. The molecule has 3 aliphatic carbocycles. The average molecular weight is 738 g/mol. The molecule has 0 saturated heterocycles. The van der Waals surface area contributed by atoms with Crippen LogP contribution in [0.3, 0.4) is 0 Å². The Hall–Kier alpha value is -1.10. The van der Waals surface area contributed by atoms with Crippen molar-refractivity contribution in [3.63, 3.8) is 0 Å². The standard InChI is InChI=1S/C43H71NO3SSi2/c1-30(17-15-20-38(45)40-44-37-19-13-14-21-39(37)48-40)35-24-25-36-32(18-16-26-43(35,36)8)23-22-31-27-33(46-49(9,10)41(2,3)4)29-34(28-31)47-50(11,12)42(5,6)7/h13-14,19,21-23,30,33-36,38,45H,15-18,20,24-29H2,1-12H3/b31-22?,32-23+/t30-,33?,34?,35-,36+,38?,43-/m1/s1. The maximum atomic E-state index is 11.0. The molecule has 0 radical (unpaired) electrons. The predicted molar refractivity (Wildman–Crippen MR) is 220 cm³/mol. The van der Waals surface area contributed by atoms with E-state index in [1.165, 1.54) is 48.8 Å². The summed E-state index contributed by atoms with van der Waals surface area (Å²) >= 11 is 1.64. The van der Waals surface area contributed by atoms with Crippen LogP contribution in [0.15, 0.2) is 47.6 Å². The highest BCUT2D eigenvalue weighted by Gasteiger charge is 2.50. The first kappa shape index (κ1) is 40.1. The van der Waals surface area contributed by atoms with E-state index in [4.69, 9.17) is 13.8 Å². The van der Waals surface area contributed by atoms with Gasteiger partial charge in [-0.05, 0) is 129 Å². The molecule has 7 heteroatoms. The van der Waals surface area contributed by atoms with Crippen molar-refractivity contribution < 1.29 is 14.0 Å². The molecule has 3 aliphatic rings. The number of hydrogen-bond donors (Lipinski definition) is 1. The summed E-state index contributed by atoms with van der Waals surface area (Å²) in [5.41, 5.74) is 4.60. The number of allylic oxidation sites excluding steroid dienone is 3. The van der Waals surface area contributed by atoms with E-state index in [0.29, 0.717) is 17.3 Å². The topological polar surface area (TPSA) is 51.6 Å². The van der Waals surface area contributed by atoms with Crippen molar-refractivity contribution in [1.82, 2.24) is 4.98 Å². The molecule has 3 saturated carbocycles. The third-order valence-electron chi connectivity index (χ3n) is 14.0. The van der Waals surface area contributed by atoms with Crippen LogP contribution in [0.25, 0.3) is 10.2 Å². The number of para-hydroxylation sites is 1. The van der Waals surface area contributed by atoms with E-state index in [9.17, 15) is 5.11 Å². The molecule has 0 aliphatic heterocycles. The second kappa shape index (κ2) is 15.3. The van der Waals surface area contributed by atoms with Crippen LogP contribution < -0.4 is 0 Å². The van der Waals surface area contributed by atoms with Crippen molar-refractivity contribution in [2.45, 2.75) is 181 Å². The maximum absolute atomic E-state index is 11.0. The lowest BCUT2D eigenvalue weighted by molar-refractivity contribution is 0.0725. The van der Waals surface area contributed by atoms with E-state index >= 15 is 0 Å². The minimum atomic E-state index is -1.89. The minimum absolute atomic E-state index is 0.199. The largest absolute Gasteiger partial charge is 0.414 e. The summed E-state index contributed by atoms with van der Waals surface area (Å²) in [6.07, 6.45) is 17.8. The first-order chi connectivity index (χ1) is 23.2. The molecule has 1 heterocycles. The average Bonchev–Trinajstić information content (AvgIpc) is 3.60. The number of aliphatic hydroxyl groups is 1. The molecular weight excluding hydrogens is 667 g/mol. The van der Waals surface area contributed by atoms with E-state index in [-0.39, 0.29) is 22.3 Å². The second-order valence-electron chi connectivity index (χ2n) is 19.8. The number of aliphatic hydroxyl groups excluding tert-OH is 1. The number of hydrogen-bond acceptors (Lipinski definition) is 5.